The maximum absolute atomic E-state index is 12.8. The molecule has 0 unspecified atom stereocenters. The Bertz CT molecular complexity index is 837. The van der Waals surface area contributed by atoms with Crippen LogP contribution in [0.1, 0.15) is 16.9 Å². The van der Waals surface area contributed by atoms with Gasteiger partial charge in [0, 0.05) is 62.4 Å². The van der Waals surface area contributed by atoms with Crippen LogP contribution in [0.5, 0.6) is 0 Å². The minimum absolute atomic E-state index is 0.00606. The van der Waals surface area contributed by atoms with Gasteiger partial charge in [-0.25, -0.2) is 4.98 Å². The van der Waals surface area contributed by atoms with Crippen molar-refractivity contribution in [3.8, 4) is 10.6 Å². The lowest BCUT2D eigenvalue weighted by Crippen LogP contribution is -2.51. The maximum atomic E-state index is 12.8. The zero-order chi connectivity index (χ0) is 20.6. The Morgan fingerprint density at radius 2 is 2.07 bits per heavy atom. The van der Waals surface area contributed by atoms with Gasteiger partial charge in [0.1, 0.15) is 10.7 Å². The number of piperazine rings is 1. The Balaban J connectivity index is 1.47. The van der Waals surface area contributed by atoms with Crippen LogP contribution in [0.25, 0.3) is 10.6 Å². The normalized spacial score (nSPS) is 14.8. The summed E-state index contributed by atoms with van der Waals surface area (Å²) in [4.78, 5) is 33.1. The van der Waals surface area contributed by atoms with Crippen molar-refractivity contribution in [1.29, 1.82) is 0 Å². The second kappa shape index (κ2) is 10.7. The van der Waals surface area contributed by atoms with Crippen LogP contribution in [0, 0.1) is 0 Å². The van der Waals surface area contributed by atoms with E-state index in [0.29, 0.717) is 56.6 Å². The third kappa shape index (κ3) is 6.24. The number of amides is 2. The molecule has 1 aromatic heterocycles. The Kier molecular flexibility index (Phi) is 8.00. The lowest BCUT2D eigenvalue weighted by Gasteiger charge is -2.33. The molecule has 156 valence electrons. The van der Waals surface area contributed by atoms with Crippen molar-refractivity contribution in [3.05, 3.63) is 40.4 Å². The number of nitrogens with one attached hydrogen (secondary N) is 1. The Labute approximate surface area is 179 Å². The highest BCUT2D eigenvalue weighted by Gasteiger charge is 2.25. The molecule has 1 N–H and O–H groups in total. The number of rotatable bonds is 8. The smallest absolute Gasteiger partial charge is 0.273 e. The molecule has 7 nitrogen and oxygen atoms in total. The highest BCUT2D eigenvalue weighted by Crippen LogP contribution is 2.26. The third-order valence-electron chi connectivity index (χ3n) is 4.67. The Morgan fingerprint density at radius 1 is 1.28 bits per heavy atom. The van der Waals surface area contributed by atoms with Crippen molar-refractivity contribution < 1.29 is 14.3 Å². The van der Waals surface area contributed by atoms with Gasteiger partial charge in [-0.3, -0.25) is 14.5 Å². The predicted molar refractivity (Wildman–Crippen MR) is 114 cm³/mol. The van der Waals surface area contributed by atoms with Crippen molar-refractivity contribution in [3.63, 3.8) is 0 Å². The molecule has 0 saturated carbocycles. The first-order valence-electron chi connectivity index (χ1n) is 9.55. The number of carbonyl (C=O) groups excluding carboxylic acids is 2. The second-order valence-electron chi connectivity index (χ2n) is 6.81. The highest BCUT2D eigenvalue weighted by atomic mass is 35.5. The molecule has 2 heterocycles. The molecule has 2 aromatic rings. The van der Waals surface area contributed by atoms with E-state index in [4.69, 9.17) is 16.3 Å². The number of aromatic nitrogens is 1. The summed E-state index contributed by atoms with van der Waals surface area (Å²) in [6.07, 6.45) is 0.801. The fraction of sp³-hybridized carbons (Fsp3) is 0.450. The van der Waals surface area contributed by atoms with Crippen LogP contribution in [0.3, 0.4) is 0 Å². The summed E-state index contributed by atoms with van der Waals surface area (Å²) in [6.45, 7) is 4.11. The quantitative estimate of drug-likeness (QED) is 0.643. The number of nitrogens with zero attached hydrogens (tertiary/aromatic N) is 3. The lowest BCUT2D eigenvalue weighted by molar-refractivity contribution is -0.122. The zero-order valence-electron chi connectivity index (χ0n) is 16.4. The van der Waals surface area contributed by atoms with E-state index in [1.54, 1.807) is 17.4 Å². The number of methoxy groups -OCH3 is 1. The van der Waals surface area contributed by atoms with Crippen LogP contribution in [-0.2, 0) is 9.53 Å². The van der Waals surface area contributed by atoms with E-state index < -0.39 is 0 Å². The Hall–Kier alpha value is -2.00. The lowest BCUT2D eigenvalue weighted by atomic mass is 10.2. The number of carbonyl (C=O) groups is 2. The van der Waals surface area contributed by atoms with Gasteiger partial charge in [0.05, 0.1) is 6.54 Å². The van der Waals surface area contributed by atoms with Gasteiger partial charge in [-0.2, -0.15) is 0 Å². The van der Waals surface area contributed by atoms with E-state index in [1.165, 1.54) is 11.3 Å². The van der Waals surface area contributed by atoms with Crippen LogP contribution in [0.4, 0.5) is 0 Å². The minimum Gasteiger partial charge on any atom is -0.385 e. The molecule has 0 radical (unpaired) electrons. The van der Waals surface area contributed by atoms with Crippen LogP contribution < -0.4 is 5.32 Å². The molecule has 3 rings (SSSR count). The predicted octanol–water partition coefficient (Wildman–Crippen LogP) is 2.37. The van der Waals surface area contributed by atoms with Crippen LogP contribution in [0.2, 0.25) is 5.02 Å². The van der Waals surface area contributed by atoms with Crippen LogP contribution in [0.15, 0.2) is 29.6 Å². The van der Waals surface area contributed by atoms with Crippen molar-refractivity contribution in [2.45, 2.75) is 6.42 Å². The summed E-state index contributed by atoms with van der Waals surface area (Å²) >= 11 is 7.47. The molecule has 1 aromatic carbocycles. The number of hydrogen-bond donors (Lipinski definition) is 1. The van der Waals surface area contributed by atoms with Gasteiger partial charge in [0.15, 0.2) is 0 Å². The topological polar surface area (TPSA) is 74.8 Å². The average Bonchev–Trinajstić information content (AvgIpc) is 3.22. The van der Waals surface area contributed by atoms with Gasteiger partial charge in [0.25, 0.3) is 5.91 Å². The third-order valence-corrected chi connectivity index (χ3v) is 5.80. The summed E-state index contributed by atoms with van der Waals surface area (Å²) in [6, 6.07) is 7.45. The molecule has 0 atom stereocenters. The monoisotopic (exact) mass is 436 g/mol. The van der Waals surface area contributed by atoms with Crippen molar-refractivity contribution in [2.75, 3.05) is 53.0 Å². The van der Waals surface area contributed by atoms with E-state index in [9.17, 15) is 9.59 Å². The van der Waals surface area contributed by atoms with Gasteiger partial charge in [0.2, 0.25) is 5.91 Å². The number of halogens is 1. The Morgan fingerprint density at radius 3 is 2.79 bits per heavy atom. The van der Waals surface area contributed by atoms with Crippen molar-refractivity contribution in [1.82, 2.24) is 20.1 Å². The first kappa shape index (κ1) is 21.7. The molecule has 0 bridgehead atoms. The summed E-state index contributed by atoms with van der Waals surface area (Å²) in [5.41, 5.74) is 1.36. The maximum Gasteiger partial charge on any atom is 0.273 e. The summed E-state index contributed by atoms with van der Waals surface area (Å²) in [5, 5.41) is 6.10. The summed E-state index contributed by atoms with van der Waals surface area (Å²) in [5.74, 6) is -0.0651. The van der Waals surface area contributed by atoms with Gasteiger partial charge < -0.3 is 15.0 Å². The first-order valence-corrected chi connectivity index (χ1v) is 10.8. The molecule has 1 saturated heterocycles. The van der Waals surface area contributed by atoms with E-state index in [-0.39, 0.29) is 11.8 Å². The number of hydrogen-bond acceptors (Lipinski definition) is 6. The summed E-state index contributed by atoms with van der Waals surface area (Å²) in [7, 11) is 1.65. The van der Waals surface area contributed by atoms with Gasteiger partial charge in [-0.05, 0) is 18.6 Å². The van der Waals surface area contributed by atoms with Crippen molar-refractivity contribution >= 4 is 34.8 Å². The van der Waals surface area contributed by atoms with Gasteiger partial charge in [-0.15, -0.1) is 11.3 Å². The molecule has 2 amide bonds. The van der Waals surface area contributed by atoms with E-state index in [1.807, 2.05) is 24.3 Å². The van der Waals surface area contributed by atoms with E-state index >= 15 is 0 Å². The average molecular weight is 437 g/mol. The molecule has 1 aliphatic heterocycles. The fourth-order valence-electron chi connectivity index (χ4n) is 3.10. The van der Waals surface area contributed by atoms with E-state index in [0.717, 1.165) is 17.0 Å². The van der Waals surface area contributed by atoms with E-state index in [2.05, 4.69) is 15.2 Å². The summed E-state index contributed by atoms with van der Waals surface area (Å²) < 4.78 is 4.97. The van der Waals surface area contributed by atoms with Crippen molar-refractivity contribution in [2.24, 2.45) is 0 Å². The molecule has 9 heteroatoms. The van der Waals surface area contributed by atoms with Crippen LogP contribution in [-0.4, -0.2) is 79.6 Å². The second-order valence-corrected chi connectivity index (χ2v) is 8.11. The first-order chi connectivity index (χ1) is 14.1. The molecular weight excluding hydrogens is 412 g/mol. The van der Waals surface area contributed by atoms with Crippen LogP contribution >= 0.6 is 22.9 Å². The molecule has 29 heavy (non-hydrogen) atoms. The zero-order valence-corrected chi connectivity index (χ0v) is 18.0. The van der Waals surface area contributed by atoms with Gasteiger partial charge >= 0.3 is 0 Å². The van der Waals surface area contributed by atoms with Gasteiger partial charge in [-0.1, -0.05) is 23.7 Å². The molecular formula is C20H25ClN4O3S. The molecule has 1 fully saturated rings. The number of ether oxygens (including phenoxy) is 1. The largest absolute Gasteiger partial charge is 0.385 e. The standard InChI is InChI=1S/C20H25ClN4O3S/c1-28-11-3-6-22-18(26)13-24-7-9-25(10-8-24)20(27)17-14-29-19(23-17)15-4-2-5-16(21)12-15/h2,4-5,12,14H,3,6-11,13H2,1H3,(H,22,26). The fourth-order valence-corrected chi connectivity index (χ4v) is 4.08. The number of benzene rings is 1. The SMILES string of the molecule is COCCCNC(=O)CN1CCN(C(=O)c2csc(-c3cccc(Cl)c3)n2)CC1. The highest BCUT2D eigenvalue weighted by molar-refractivity contribution is 7.13. The number of thiazole rings is 1. The molecule has 1 aliphatic rings. The molecule has 0 aliphatic carbocycles. The molecule has 0 spiro atoms. The minimum atomic E-state index is -0.0711.